The van der Waals surface area contributed by atoms with Crippen LogP contribution in [0.1, 0.15) is 17.5 Å². The Balaban J connectivity index is 1.68. The number of nitrogens with one attached hydrogen (secondary N) is 1. The number of aryl methyl sites for hydroxylation is 2. The molecule has 1 aromatic carbocycles. The number of ether oxygens (including phenoxy) is 1. The van der Waals surface area contributed by atoms with Crippen LogP contribution in [0.25, 0.3) is 0 Å². The molecule has 1 aliphatic heterocycles. The van der Waals surface area contributed by atoms with Crippen LogP contribution >= 0.6 is 0 Å². The molecule has 7 heteroatoms. The van der Waals surface area contributed by atoms with E-state index in [0.29, 0.717) is 6.54 Å². The van der Waals surface area contributed by atoms with Crippen molar-refractivity contribution in [2.75, 3.05) is 20.1 Å². The molecule has 1 saturated heterocycles. The standard InChI is InChI=1S/C14H18N2O4S/c1-16-9-12(20-14(16)17)8-15-21(18,19)13-6-5-10-3-2-4-11(10)7-13/h5-7,12,15H,2-4,8-9H2,1H3. The summed E-state index contributed by atoms with van der Waals surface area (Å²) in [4.78, 5) is 12.9. The molecule has 1 N–H and O–H groups in total. The summed E-state index contributed by atoms with van der Waals surface area (Å²) in [5.74, 6) is 0. The van der Waals surface area contributed by atoms with Crippen LogP contribution in [0.3, 0.4) is 0 Å². The number of hydrogen-bond acceptors (Lipinski definition) is 4. The zero-order chi connectivity index (χ0) is 15.0. The van der Waals surface area contributed by atoms with Gasteiger partial charge in [-0.25, -0.2) is 17.9 Å². The second kappa shape index (κ2) is 5.31. The molecule has 1 amide bonds. The van der Waals surface area contributed by atoms with Crippen molar-refractivity contribution in [3.8, 4) is 0 Å². The molecule has 0 saturated carbocycles. The summed E-state index contributed by atoms with van der Waals surface area (Å²) >= 11 is 0. The van der Waals surface area contributed by atoms with Crippen molar-refractivity contribution in [1.82, 2.24) is 9.62 Å². The molecule has 1 fully saturated rings. The smallest absolute Gasteiger partial charge is 0.410 e. The van der Waals surface area contributed by atoms with Gasteiger partial charge in [0.25, 0.3) is 0 Å². The van der Waals surface area contributed by atoms with E-state index in [-0.39, 0.29) is 11.4 Å². The van der Waals surface area contributed by atoms with E-state index in [1.54, 1.807) is 19.2 Å². The van der Waals surface area contributed by atoms with Crippen molar-refractivity contribution in [3.63, 3.8) is 0 Å². The van der Waals surface area contributed by atoms with Crippen molar-refractivity contribution in [1.29, 1.82) is 0 Å². The van der Waals surface area contributed by atoms with Crippen molar-refractivity contribution in [3.05, 3.63) is 29.3 Å². The Morgan fingerprint density at radius 3 is 2.81 bits per heavy atom. The molecule has 1 aliphatic carbocycles. The Kier molecular flexibility index (Phi) is 3.62. The van der Waals surface area contributed by atoms with Crippen LogP contribution in [-0.2, 0) is 27.6 Å². The lowest BCUT2D eigenvalue weighted by Crippen LogP contribution is -2.34. The number of fused-ring (bicyclic) bond motifs is 1. The van der Waals surface area contributed by atoms with Gasteiger partial charge in [-0.15, -0.1) is 0 Å². The fraction of sp³-hybridized carbons (Fsp3) is 0.500. The van der Waals surface area contributed by atoms with E-state index < -0.39 is 22.2 Å². The summed E-state index contributed by atoms with van der Waals surface area (Å²) in [6.07, 6.45) is 2.18. The fourth-order valence-corrected chi connectivity index (χ4v) is 3.87. The van der Waals surface area contributed by atoms with Gasteiger partial charge in [-0.3, -0.25) is 0 Å². The number of benzene rings is 1. The van der Waals surface area contributed by atoms with Crippen molar-refractivity contribution in [2.24, 2.45) is 0 Å². The van der Waals surface area contributed by atoms with Gasteiger partial charge in [-0.1, -0.05) is 6.07 Å². The number of cyclic esters (lactones) is 1. The lowest BCUT2D eigenvalue weighted by Gasteiger charge is -2.11. The number of rotatable bonds is 4. The van der Waals surface area contributed by atoms with Crippen LogP contribution in [0.5, 0.6) is 0 Å². The lowest BCUT2D eigenvalue weighted by atomic mass is 10.1. The van der Waals surface area contributed by atoms with E-state index in [2.05, 4.69) is 4.72 Å². The van der Waals surface area contributed by atoms with Crippen LogP contribution in [-0.4, -0.2) is 45.7 Å². The largest absolute Gasteiger partial charge is 0.443 e. The zero-order valence-electron chi connectivity index (χ0n) is 11.8. The van der Waals surface area contributed by atoms with Crippen LogP contribution in [0.4, 0.5) is 4.79 Å². The molecule has 1 aromatic rings. The summed E-state index contributed by atoms with van der Waals surface area (Å²) in [5, 5.41) is 0. The Hall–Kier alpha value is -1.60. The first-order valence-electron chi connectivity index (χ1n) is 6.99. The molecule has 2 aliphatic rings. The number of hydrogen-bond donors (Lipinski definition) is 1. The first-order valence-corrected chi connectivity index (χ1v) is 8.47. The van der Waals surface area contributed by atoms with Gasteiger partial charge in [0.15, 0.2) is 0 Å². The molecular weight excluding hydrogens is 292 g/mol. The van der Waals surface area contributed by atoms with Crippen LogP contribution in [0.15, 0.2) is 23.1 Å². The Morgan fingerprint density at radius 1 is 1.33 bits per heavy atom. The molecule has 1 atom stereocenters. The summed E-state index contributed by atoms with van der Waals surface area (Å²) in [6.45, 7) is 0.487. The van der Waals surface area contributed by atoms with Crippen LogP contribution < -0.4 is 4.72 Å². The molecule has 0 bridgehead atoms. The average molecular weight is 310 g/mol. The van der Waals surface area contributed by atoms with Crippen LogP contribution in [0, 0.1) is 0 Å². The maximum atomic E-state index is 12.3. The predicted molar refractivity (Wildman–Crippen MR) is 76.6 cm³/mol. The SMILES string of the molecule is CN1CC(CNS(=O)(=O)c2ccc3c(c2)CCC3)OC1=O. The summed E-state index contributed by atoms with van der Waals surface area (Å²) < 4.78 is 32.1. The monoisotopic (exact) mass is 310 g/mol. The van der Waals surface area contributed by atoms with Gasteiger partial charge in [0, 0.05) is 13.6 Å². The maximum absolute atomic E-state index is 12.3. The molecule has 114 valence electrons. The molecule has 3 rings (SSSR count). The van der Waals surface area contributed by atoms with E-state index in [1.807, 2.05) is 6.07 Å². The van der Waals surface area contributed by atoms with Crippen molar-refractivity contribution >= 4 is 16.1 Å². The molecule has 0 aromatic heterocycles. The number of carbonyl (C=O) groups is 1. The highest BCUT2D eigenvalue weighted by molar-refractivity contribution is 7.89. The minimum Gasteiger partial charge on any atom is -0.443 e. The quantitative estimate of drug-likeness (QED) is 0.896. The third-order valence-corrected chi connectivity index (χ3v) is 5.36. The van der Waals surface area contributed by atoms with E-state index in [0.717, 1.165) is 24.8 Å². The van der Waals surface area contributed by atoms with Gasteiger partial charge in [-0.2, -0.15) is 0 Å². The second-order valence-electron chi connectivity index (χ2n) is 5.52. The predicted octanol–water partition coefficient (Wildman–Crippen LogP) is 0.904. The highest BCUT2D eigenvalue weighted by atomic mass is 32.2. The Labute approximate surface area is 124 Å². The van der Waals surface area contributed by atoms with Gasteiger partial charge >= 0.3 is 6.09 Å². The van der Waals surface area contributed by atoms with Crippen molar-refractivity contribution < 1.29 is 17.9 Å². The Bertz CT molecular complexity index is 672. The molecule has 0 radical (unpaired) electrons. The number of carbonyl (C=O) groups excluding carboxylic acids is 1. The molecule has 6 nitrogen and oxygen atoms in total. The van der Waals surface area contributed by atoms with E-state index >= 15 is 0 Å². The van der Waals surface area contributed by atoms with Crippen LogP contribution in [0.2, 0.25) is 0 Å². The number of amides is 1. The fourth-order valence-electron chi connectivity index (χ4n) is 2.76. The highest BCUT2D eigenvalue weighted by Crippen LogP contribution is 2.24. The minimum absolute atomic E-state index is 0.0928. The average Bonchev–Trinajstić information content (AvgIpc) is 3.03. The van der Waals surface area contributed by atoms with Gasteiger partial charge in [-0.05, 0) is 42.5 Å². The zero-order valence-corrected chi connectivity index (χ0v) is 12.6. The van der Waals surface area contributed by atoms with E-state index in [9.17, 15) is 13.2 Å². The summed E-state index contributed by atoms with van der Waals surface area (Å²) in [6, 6.07) is 5.27. The molecule has 21 heavy (non-hydrogen) atoms. The summed E-state index contributed by atoms with van der Waals surface area (Å²) in [5.41, 5.74) is 2.35. The lowest BCUT2D eigenvalue weighted by molar-refractivity contribution is 0.135. The number of sulfonamides is 1. The Morgan fingerprint density at radius 2 is 2.10 bits per heavy atom. The number of likely N-dealkylation sites (N-methyl/N-ethyl adjacent to an activating group) is 1. The second-order valence-corrected chi connectivity index (χ2v) is 7.29. The van der Waals surface area contributed by atoms with E-state index in [1.165, 1.54) is 10.5 Å². The van der Waals surface area contributed by atoms with Crippen molar-refractivity contribution in [2.45, 2.75) is 30.3 Å². The minimum atomic E-state index is -3.56. The topological polar surface area (TPSA) is 75.7 Å². The molecule has 1 heterocycles. The molecule has 1 unspecified atom stereocenters. The van der Waals surface area contributed by atoms with Gasteiger partial charge < -0.3 is 9.64 Å². The normalized spacial score (nSPS) is 21.5. The third-order valence-electron chi connectivity index (χ3n) is 3.94. The van der Waals surface area contributed by atoms with Gasteiger partial charge in [0.1, 0.15) is 6.10 Å². The first-order chi connectivity index (χ1) is 9.95. The number of nitrogens with zero attached hydrogens (tertiary/aromatic N) is 1. The molecular formula is C14H18N2O4S. The summed E-state index contributed by atoms with van der Waals surface area (Å²) in [7, 11) is -1.94. The van der Waals surface area contributed by atoms with E-state index in [4.69, 9.17) is 4.74 Å². The highest BCUT2D eigenvalue weighted by Gasteiger charge is 2.29. The van der Waals surface area contributed by atoms with Gasteiger partial charge in [0.05, 0.1) is 11.4 Å². The maximum Gasteiger partial charge on any atom is 0.410 e. The van der Waals surface area contributed by atoms with Gasteiger partial charge in [0.2, 0.25) is 10.0 Å². The first kappa shape index (κ1) is 14.3. The molecule has 0 spiro atoms. The third kappa shape index (κ3) is 2.89.